The normalized spacial score (nSPS) is 13.7. The third-order valence-corrected chi connectivity index (χ3v) is 7.11. The van der Waals surface area contributed by atoms with Crippen LogP contribution in [0.5, 0.6) is 0 Å². The Kier molecular flexibility index (Phi) is 6.29. The number of piperazine rings is 1. The molecule has 1 aliphatic heterocycles. The van der Waals surface area contributed by atoms with E-state index in [0.717, 1.165) is 47.0 Å². The summed E-state index contributed by atoms with van der Waals surface area (Å²) >= 11 is 0. The van der Waals surface area contributed by atoms with Gasteiger partial charge in [-0.25, -0.2) is 14.5 Å². The fraction of sp³-hybridized carbons (Fsp3) is 0.233. The summed E-state index contributed by atoms with van der Waals surface area (Å²) in [6, 6.07) is 24.8. The number of urea groups is 1. The molecule has 1 saturated heterocycles. The van der Waals surface area contributed by atoms with Gasteiger partial charge in [0.2, 0.25) is 0 Å². The molecule has 0 saturated carbocycles. The van der Waals surface area contributed by atoms with E-state index in [-0.39, 0.29) is 6.03 Å². The molecule has 6 rings (SSSR count). The quantitative estimate of drug-likeness (QED) is 0.333. The number of amides is 2. The first-order chi connectivity index (χ1) is 18.5. The number of rotatable bonds is 5. The molecule has 0 radical (unpaired) electrons. The minimum atomic E-state index is -0.0466. The number of aromatic nitrogens is 4. The van der Waals surface area contributed by atoms with Gasteiger partial charge in [-0.15, -0.1) is 0 Å². The fourth-order valence-corrected chi connectivity index (χ4v) is 4.80. The lowest BCUT2D eigenvalue weighted by molar-refractivity contribution is 0.208. The average Bonchev–Trinajstić information content (AvgIpc) is 3.53. The maximum absolute atomic E-state index is 12.7. The highest BCUT2D eigenvalue weighted by Crippen LogP contribution is 2.25. The molecular weight excluding hydrogens is 474 g/mol. The van der Waals surface area contributed by atoms with Gasteiger partial charge >= 0.3 is 6.03 Å². The van der Waals surface area contributed by atoms with Crippen LogP contribution in [0.1, 0.15) is 16.7 Å². The van der Waals surface area contributed by atoms with E-state index in [4.69, 9.17) is 4.98 Å². The van der Waals surface area contributed by atoms with Crippen LogP contribution >= 0.6 is 0 Å². The monoisotopic (exact) mass is 505 g/mol. The Morgan fingerprint density at radius 3 is 2.21 bits per heavy atom. The van der Waals surface area contributed by atoms with Crippen LogP contribution in [0.2, 0.25) is 0 Å². The minimum Gasteiger partial charge on any atom is -0.368 e. The van der Waals surface area contributed by atoms with Gasteiger partial charge in [-0.05, 0) is 55.8 Å². The molecule has 0 bridgehead atoms. The summed E-state index contributed by atoms with van der Waals surface area (Å²) in [6.45, 7) is 7.75. The SMILES string of the molecule is Cc1ccc(Cn2ncc3[nH]c(-c4ccc(N5CCN(C(=O)Nc6ccc(C)cc6)CC5)cc4)nc32)cc1. The molecule has 2 amide bonds. The zero-order valence-electron chi connectivity index (χ0n) is 21.7. The van der Waals surface area contributed by atoms with E-state index in [0.29, 0.717) is 19.6 Å². The molecule has 8 nitrogen and oxygen atoms in total. The molecule has 192 valence electrons. The summed E-state index contributed by atoms with van der Waals surface area (Å²) in [5, 5.41) is 7.51. The van der Waals surface area contributed by atoms with Gasteiger partial charge in [-0.3, -0.25) is 0 Å². The van der Waals surface area contributed by atoms with Crippen LogP contribution in [-0.4, -0.2) is 56.9 Å². The number of carbonyl (C=O) groups excluding carboxylic acids is 1. The van der Waals surface area contributed by atoms with Gasteiger partial charge in [0.15, 0.2) is 5.65 Å². The Morgan fingerprint density at radius 1 is 0.868 bits per heavy atom. The van der Waals surface area contributed by atoms with E-state index >= 15 is 0 Å². The summed E-state index contributed by atoms with van der Waals surface area (Å²) in [4.78, 5) is 25.1. The molecule has 3 aromatic carbocycles. The van der Waals surface area contributed by atoms with Crippen molar-refractivity contribution in [3.05, 3.63) is 95.7 Å². The van der Waals surface area contributed by atoms with Gasteiger partial charge in [-0.2, -0.15) is 5.10 Å². The molecule has 0 unspecified atom stereocenters. The number of H-pyrrole nitrogens is 1. The van der Waals surface area contributed by atoms with Crippen molar-refractivity contribution in [3.63, 3.8) is 0 Å². The number of imidazole rings is 1. The van der Waals surface area contributed by atoms with Gasteiger partial charge in [0, 0.05) is 43.1 Å². The number of benzene rings is 3. The Hall–Kier alpha value is -4.59. The summed E-state index contributed by atoms with van der Waals surface area (Å²) in [6.07, 6.45) is 1.84. The predicted molar refractivity (Wildman–Crippen MR) is 152 cm³/mol. The summed E-state index contributed by atoms with van der Waals surface area (Å²) in [7, 11) is 0. The molecule has 5 aromatic rings. The van der Waals surface area contributed by atoms with Gasteiger partial charge < -0.3 is 20.1 Å². The highest BCUT2D eigenvalue weighted by molar-refractivity contribution is 5.89. The second kappa shape index (κ2) is 10.0. The van der Waals surface area contributed by atoms with Crippen LogP contribution in [0.25, 0.3) is 22.6 Å². The minimum absolute atomic E-state index is 0.0466. The lowest BCUT2D eigenvalue weighted by atomic mass is 10.1. The van der Waals surface area contributed by atoms with E-state index < -0.39 is 0 Å². The van der Waals surface area contributed by atoms with Gasteiger partial charge in [-0.1, -0.05) is 47.5 Å². The standard InChI is InChI=1S/C30H31N7O/c1-21-3-7-23(8-4-21)20-37-29-27(19-31-37)33-28(34-29)24-9-13-26(14-10-24)35-15-17-36(18-16-35)30(38)32-25-11-5-22(2)6-12-25/h3-14,19H,15-18,20H2,1-2H3,(H,32,38)(H,33,34). The first-order valence-electron chi connectivity index (χ1n) is 13.0. The number of hydrogen-bond donors (Lipinski definition) is 2. The van der Waals surface area contributed by atoms with Crippen LogP contribution in [0.3, 0.4) is 0 Å². The summed E-state index contributed by atoms with van der Waals surface area (Å²) in [5.41, 5.74) is 8.40. The lowest BCUT2D eigenvalue weighted by Gasteiger charge is -2.36. The Bertz CT molecular complexity index is 1540. The number of carbonyl (C=O) groups is 1. The smallest absolute Gasteiger partial charge is 0.321 e. The van der Waals surface area contributed by atoms with Crippen molar-refractivity contribution >= 4 is 28.6 Å². The Labute approximate surface area is 221 Å². The van der Waals surface area contributed by atoms with Gasteiger partial charge in [0.05, 0.1) is 12.7 Å². The van der Waals surface area contributed by atoms with Crippen LogP contribution < -0.4 is 10.2 Å². The second-order valence-corrected chi connectivity index (χ2v) is 9.93. The third-order valence-electron chi connectivity index (χ3n) is 7.11. The first-order valence-corrected chi connectivity index (χ1v) is 13.0. The zero-order valence-corrected chi connectivity index (χ0v) is 21.7. The Morgan fingerprint density at radius 2 is 1.53 bits per heavy atom. The first kappa shape index (κ1) is 23.8. The van der Waals surface area contributed by atoms with Crippen molar-refractivity contribution in [2.45, 2.75) is 20.4 Å². The number of fused-ring (bicyclic) bond motifs is 1. The van der Waals surface area contributed by atoms with E-state index in [1.807, 2.05) is 47.0 Å². The molecule has 1 aliphatic rings. The molecule has 38 heavy (non-hydrogen) atoms. The van der Waals surface area contributed by atoms with E-state index in [1.165, 1.54) is 16.7 Å². The van der Waals surface area contributed by atoms with Crippen LogP contribution in [0.15, 0.2) is 79.0 Å². The molecule has 8 heteroatoms. The number of nitrogens with one attached hydrogen (secondary N) is 2. The zero-order chi connectivity index (χ0) is 26.1. The number of aromatic amines is 1. The molecular formula is C30H31N7O. The van der Waals surface area contributed by atoms with Crippen LogP contribution in [-0.2, 0) is 6.54 Å². The Balaban J connectivity index is 1.08. The highest BCUT2D eigenvalue weighted by Gasteiger charge is 2.21. The second-order valence-electron chi connectivity index (χ2n) is 9.93. The van der Waals surface area contributed by atoms with E-state index in [1.54, 1.807) is 0 Å². The lowest BCUT2D eigenvalue weighted by Crippen LogP contribution is -2.50. The molecule has 2 N–H and O–H groups in total. The topological polar surface area (TPSA) is 82.1 Å². The van der Waals surface area contributed by atoms with Crippen molar-refractivity contribution in [2.24, 2.45) is 0 Å². The maximum atomic E-state index is 12.7. The summed E-state index contributed by atoms with van der Waals surface area (Å²) in [5.74, 6) is 0.833. The van der Waals surface area contributed by atoms with Gasteiger partial charge in [0.1, 0.15) is 11.3 Å². The van der Waals surface area contributed by atoms with E-state index in [9.17, 15) is 4.79 Å². The largest absolute Gasteiger partial charge is 0.368 e. The number of aryl methyl sites for hydroxylation is 2. The molecule has 3 heterocycles. The van der Waals surface area contributed by atoms with Crippen molar-refractivity contribution in [1.82, 2.24) is 24.6 Å². The molecule has 2 aromatic heterocycles. The number of hydrogen-bond acceptors (Lipinski definition) is 4. The van der Waals surface area contributed by atoms with Crippen molar-refractivity contribution in [3.8, 4) is 11.4 Å². The van der Waals surface area contributed by atoms with Gasteiger partial charge in [0.25, 0.3) is 0 Å². The number of nitrogens with zero attached hydrogens (tertiary/aromatic N) is 5. The predicted octanol–water partition coefficient (Wildman–Crippen LogP) is 5.45. The fourth-order valence-electron chi connectivity index (χ4n) is 4.80. The molecule has 0 spiro atoms. The molecule has 0 aliphatic carbocycles. The van der Waals surface area contributed by atoms with Crippen LogP contribution in [0.4, 0.5) is 16.2 Å². The van der Waals surface area contributed by atoms with Crippen molar-refractivity contribution in [1.29, 1.82) is 0 Å². The third kappa shape index (κ3) is 4.98. The summed E-state index contributed by atoms with van der Waals surface area (Å²) < 4.78 is 1.93. The van der Waals surface area contributed by atoms with E-state index in [2.05, 4.69) is 75.8 Å². The van der Waals surface area contributed by atoms with Crippen LogP contribution in [0, 0.1) is 13.8 Å². The van der Waals surface area contributed by atoms with Crippen molar-refractivity contribution < 1.29 is 4.79 Å². The molecule has 1 fully saturated rings. The maximum Gasteiger partial charge on any atom is 0.321 e. The van der Waals surface area contributed by atoms with Crippen molar-refractivity contribution in [2.75, 3.05) is 36.4 Å². The average molecular weight is 506 g/mol. The highest BCUT2D eigenvalue weighted by atomic mass is 16.2. The molecule has 0 atom stereocenters. The number of anilines is 2.